The van der Waals surface area contributed by atoms with E-state index in [0.717, 1.165) is 49.6 Å². The topological polar surface area (TPSA) is 85.2 Å². The summed E-state index contributed by atoms with van der Waals surface area (Å²) >= 11 is 0. The Kier molecular flexibility index (Phi) is 4.35. The Labute approximate surface area is 146 Å². The number of aryl methyl sites for hydroxylation is 1. The van der Waals surface area contributed by atoms with Gasteiger partial charge in [-0.05, 0) is 18.9 Å². The lowest BCUT2D eigenvalue weighted by Gasteiger charge is -2.33. The summed E-state index contributed by atoms with van der Waals surface area (Å²) in [5, 5.41) is 7.16. The van der Waals surface area contributed by atoms with Crippen LogP contribution in [0.3, 0.4) is 0 Å². The first-order valence-electron chi connectivity index (χ1n) is 8.67. The number of nitrogens with one attached hydrogen (secondary N) is 1. The van der Waals surface area contributed by atoms with Crippen LogP contribution in [0.25, 0.3) is 0 Å². The predicted octanol–water partition coefficient (Wildman–Crippen LogP) is 0.682. The van der Waals surface area contributed by atoms with E-state index < -0.39 is 0 Å². The largest absolute Gasteiger partial charge is 0.376 e. The molecule has 4 heterocycles. The normalized spacial score (nSPS) is 20.2. The Hall–Kier alpha value is -2.48. The standard InChI is InChI=1S/C17H22N6O2/c1-22-15(4-6-19-22)16(24)20-13-3-2-7-23(10-13)17-18-9-12-11-25-8-5-14(12)21-17/h4,6,9,13H,2-3,5,7-8,10-11H2,1H3,(H,20,24). The van der Waals surface area contributed by atoms with Crippen molar-refractivity contribution in [1.82, 2.24) is 25.1 Å². The summed E-state index contributed by atoms with van der Waals surface area (Å²) in [5.74, 6) is 0.662. The van der Waals surface area contributed by atoms with Gasteiger partial charge in [0, 0.05) is 50.6 Å². The number of carbonyl (C=O) groups excluding carboxylic acids is 1. The minimum atomic E-state index is -0.0876. The Balaban J connectivity index is 1.44. The molecule has 25 heavy (non-hydrogen) atoms. The second-order valence-electron chi connectivity index (χ2n) is 6.54. The number of piperidine rings is 1. The molecule has 1 saturated heterocycles. The minimum Gasteiger partial charge on any atom is -0.376 e. The molecule has 8 heteroatoms. The highest BCUT2D eigenvalue weighted by molar-refractivity contribution is 5.92. The van der Waals surface area contributed by atoms with Crippen LogP contribution in [0.2, 0.25) is 0 Å². The van der Waals surface area contributed by atoms with E-state index >= 15 is 0 Å². The average molecular weight is 342 g/mol. The third-order valence-corrected chi connectivity index (χ3v) is 4.78. The molecule has 4 rings (SSSR count). The molecule has 0 saturated carbocycles. The van der Waals surface area contributed by atoms with E-state index in [-0.39, 0.29) is 11.9 Å². The predicted molar refractivity (Wildman–Crippen MR) is 91.3 cm³/mol. The highest BCUT2D eigenvalue weighted by atomic mass is 16.5. The summed E-state index contributed by atoms with van der Waals surface area (Å²) in [4.78, 5) is 23.8. The molecule has 8 nitrogen and oxygen atoms in total. The fourth-order valence-electron chi connectivity index (χ4n) is 3.40. The van der Waals surface area contributed by atoms with Crippen molar-refractivity contribution in [1.29, 1.82) is 0 Å². The number of aromatic nitrogens is 4. The summed E-state index contributed by atoms with van der Waals surface area (Å²) in [6.07, 6.45) is 6.29. The minimum absolute atomic E-state index is 0.0825. The van der Waals surface area contributed by atoms with E-state index in [1.165, 1.54) is 0 Å². The number of rotatable bonds is 3. The van der Waals surface area contributed by atoms with Crippen molar-refractivity contribution in [2.75, 3.05) is 24.6 Å². The Morgan fingerprint density at radius 3 is 3.20 bits per heavy atom. The van der Waals surface area contributed by atoms with Gasteiger partial charge in [-0.25, -0.2) is 9.97 Å². The third kappa shape index (κ3) is 3.34. The van der Waals surface area contributed by atoms with Gasteiger partial charge in [0.2, 0.25) is 5.95 Å². The number of fused-ring (bicyclic) bond motifs is 1. The van der Waals surface area contributed by atoms with E-state index in [1.54, 1.807) is 24.0 Å². The van der Waals surface area contributed by atoms with Crippen molar-refractivity contribution in [3.8, 4) is 0 Å². The Morgan fingerprint density at radius 1 is 1.44 bits per heavy atom. The van der Waals surface area contributed by atoms with Crippen LogP contribution in [0, 0.1) is 0 Å². The van der Waals surface area contributed by atoms with Gasteiger partial charge in [0.25, 0.3) is 5.91 Å². The first-order valence-corrected chi connectivity index (χ1v) is 8.67. The molecule has 2 aliphatic heterocycles. The first kappa shape index (κ1) is 16.0. The van der Waals surface area contributed by atoms with Gasteiger partial charge in [0.1, 0.15) is 5.69 Å². The number of ether oxygens (including phenoxy) is 1. The van der Waals surface area contributed by atoms with Gasteiger partial charge in [-0.2, -0.15) is 5.10 Å². The second-order valence-corrected chi connectivity index (χ2v) is 6.54. The van der Waals surface area contributed by atoms with Crippen LogP contribution in [-0.2, 0) is 24.8 Å². The summed E-state index contributed by atoms with van der Waals surface area (Å²) < 4.78 is 7.03. The number of anilines is 1. The lowest BCUT2D eigenvalue weighted by atomic mass is 10.1. The monoisotopic (exact) mass is 342 g/mol. The summed E-state index contributed by atoms with van der Waals surface area (Å²) in [5.41, 5.74) is 2.73. The molecule has 0 bridgehead atoms. The van der Waals surface area contributed by atoms with Crippen molar-refractivity contribution >= 4 is 11.9 Å². The van der Waals surface area contributed by atoms with Crippen molar-refractivity contribution < 1.29 is 9.53 Å². The number of amides is 1. The Bertz CT molecular complexity index is 774. The fourth-order valence-corrected chi connectivity index (χ4v) is 3.40. The highest BCUT2D eigenvalue weighted by Gasteiger charge is 2.25. The fraction of sp³-hybridized carbons (Fsp3) is 0.529. The van der Waals surface area contributed by atoms with Gasteiger partial charge >= 0.3 is 0 Å². The highest BCUT2D eigenvalue weighted by Crippen LogP contribution is 2.20. The molecule has 0 radical (unpaired) electrons. The number of hydrogen-bond donors (Lipinski definition) is 1. The number of carbonyl (C=O) groups is 1. The molecule has 0 spiro atoms. The molecule has 1 atom stereocenters. The van der Waals surface area contributed by atoms with Crippen LogP contribution >= 0.6 is 0 Å². The molecular weight excluding hydrogens is 320 g/mol. The van der Waals surface area contributed by atoms with Crippen molar-refractivity contribution in [3.05, 3.63) is 35.4 Å². The van der Waals surface area contributed by atoms with Gasteiger partial charge in [0.15, 0.2) is 0 Å². The van der Waals surface area contributed by atoms with Gasteiger partial charge in [-0.1, -0.05) is 0 Å². The van der Waals surface area contributed by atoms with Gasteiger partial charge in [0.05, 0.1) is 18.9 Å². The molecule has 1 N–H and O–H groups in total. The number of hydrogen-bond acceptors (Lipinski definition) is 6. The van der Waals surface area contributed by atoms with Crippen molar-refractivity contribution in [2.45, 2.75) is 31.9 Å². The molecule has 2 aromatic heterocycles. The van der Waals surface area contributed by atoms with Crippen LogP contribution in [-0.4, -0.2) is 51.4 Å². The van der Waals surface area contributed by atoms with E-state index in [2.05, 4.69) is 20.3 Å². The van der Waals surface area contributed by atoms with E-state index in [0.29, 0.717) is 18.9 Å². The van der Waals surface area contributed by atoms with Gasteiger partial charge < -0.3 is 15.0 Å². The molecule has 132 valence electrons. The molecule has 2 aliphatic rings. The molecular formula is C17H22N6O2. The molecule has 1 unspecified atom stereocenters. The average Bonchev–Trinajstić information content (AvgIpc) is 3.07. The maximum absolute atomic E-state index is 12.4. The van der Waals surface area contributed by atoms with E-state index in [4.69, 9.17) is 9.72 Å². The zero-order chi connectivity index (χ0) is 17.2. The molecule has 0 aromatic carbocycles. The smallest absolute Gasteiger partial charge is 0.269 e. The molecule has 0 aliphatic carbocycles. The van der Waals surface area contributed by atoms with Crippen LogP contribution in [0.5, 0.6) is 0 Å². The molecule has 1 amide bonds. The lowest BCUT2D eigenvalue weighted by molar-refractivity contribution is 0.0923. The van der Waals surface area contributed by atoms with Crippen LogP contribution in [0.15, 0.2) is 18.5 Å². The lowest BCUT2D eigenvalue weighted by Crippen LogP contribution is -2.48. The van der Waals surface area contributed by atoms with E-state index in [9.17, 15) is 4.79 Å². The third-order valence-electron chi connectivity index (χ3n) is 4.78. The van der Waals surface area contributed by atoms with Crippen LogP contribution < -0.4 is 10.2 Å². The molecule has 2 aromatic rings. The second kappa shape index (κ2) is 6.79. The summed E-state index contributed by atoms with van der Waals surface area (Å²) in [6.45, 7) is 2.94. The van der Waals surface area contributed by atoms with Crippen molar-refractivity contribution in [3.63, 3.8) is 0 Å². The van der Waals surface area contributed by atoms with Crippen LogP contribution in [0.1, 0.15) is 34.6 Å². The maximum Gasteiger partial charge on any atom is 0.269 e. The quantitative estimate of drug-likeness (QED) is 0.883. The van der Waals surface area contributed by atoms with Gasteiger partial charge in [-0.15, -0.1) is 0 Å². The Morgan fingerprint density at radius 2 is 2.36 bits per heavy atom. The summed E-state index contributed by atoms with van der Waals surface area (Å²) in [7, 11) is 1.77. The van der Waals surface area contributed by atoms with E-state index in [1.807, 2.05) is 6.20 Å². The summed E-state index contributed by atoms with van der Waals surface area (Å²) in [6, 6.07) is 1.81. The van der Waals surface area contributed by atoms with Gasteiger partial charge in [-0.3, -0.25) is 9.48 Å². The SMILES string of the molecule is Cn1nccc1C(=O)NC1CCCN(c2ncc3c(n2)CCOC3)C1. The van der Waals surface area contributed by atoms with Crippen molar-refractivity contribution in [2.24, 2.45) is 7.05 Å². The zero-order valence-electron chi connectivity index (χ0n) is 14.3. The van der Waals surface area contributed by atoms with Crippen LogP contribution in [0.4, 0.5) is 5.95 Å². The zero-order valence-corrected chi connectivity index (χ0v) is 14.3. The molecule has 1 fully saturated rings. The first-order chi connectivity index (χ1) is 12.2. The number of nitrogens with zero attached hydrogens (tertiary/aromatic N) is 5. The maximum atomic E-state index is 12.4.